The summed E-state index contributed by atoms with van der Waals surface area (Å²) in [5, 5.41) is 11.9. The normalized spacial score (nSPS) is 19.9. The number of fused-ring (bicyclic) bond motifs is 2. The van der Waals surface area contributed by atoms with E-state index >= 15 is 0 Å². The fourth-order valence-corrected chi connectivity index (χ4v) is 7.18. The standard InChI is InChI=1S/C33H31BrFN9O4/c1-15-6-20(21-12-36-18(4)37-13-21)8-22-28(17(3)45)41-43(29(15)22)14-27(46)44-24(32(47)40-31-16(2)7-23(35)30(34)39-31)9-33(10-25(33)44)11-26-38-19(5)42-48-26/h6-8,12-13,24-25H,9-11,14H2,1-5H3,(H,39,40,47)/t24-,25+,33-/m0/s1. The number of hydrogen-bond acceptors (Lipinski definition) is 10. The van der Waals surface area contributed by atoms with Crippen LogP contribution in [0.4, 0.5) is 10.2 Å². The number of pyridine rings is 1. The lowest BCUT2D eigenvalue weighted by Gasteiger charge is -2.27. The van der Waals surface area contributed by atoms with E-state index in [2.05, 4.69) is 51.4 Å². The van der Waals surface area contributed by atoms with Crippen molar-refractivity contribution in [2.45, 2.75) is 72.5 Å². The lowest BCUT2D eigenvalue weighted by molar-refractivity contribution is -0.138. The zero-order valence-corrected chi connectivity index (χ0v) is 28.4. The minimum atomic E-state index is -0.853. The highest BCUT2D eigenvalue weighted by molar-refractivity contribution is 9.10. The molecule has 5 heterocycles. The Bertz CT molecular complexity index is 2150. The summed E-state index contributed by atoms with van der Waals surface area (Å²) in [6.07, 6.45) is 4.87. The highest BCUT2D eigenvalue weighted by Gasteiger charge is 2.67. The number of aryl methyl sites for hydroxylation is 4. The Morgan fingerprint density at radius 3 is 2.46 bits per heavy atom. The summed E-state index contributed by atoms with van der Waals surface area (Å²) in [5.74, 6) is 0.209. The Morgan fingerprint density at radius 2 is 1.77 bits per heavy atom. The second kappa shape index (κ2) is 11.6. The minimum absolute atomic E-state index is 0.0332. The van der Waals surface area contributed by atoms with Crippen LogP contribution in [-0.4, -0.2) is 69.5 Å². The molecule has 2 fully saturated rings. The van der Waals surface area contributed by atoms with Crippen LogP contribution in [0.1, 0.15) is 58.9 Å². The quantitative estimate of drug-likeness (QED) is 0.174. The number of aromatic nitrogens is 7. The van der Waals surface area contributed by atoms with Gasteiger partial charge in [0.25, 0.3) is 0 Å². The van der Waals surface area contributed by atoms with Crippen molar-refractivity contribution in [1.29, 1.82) is 0 Å². The van der Waals surface area contributed by atoms with Crippen molar-refractivity contribution in [2.75, 3.05) is 5.32 Å². The third kappa shape index (κ3) is 5.55. The molecule has 3 atom stereocenters. The fourth-order valence-electron chi connectivity index (χ4n) is 6.89. The molecule has 1 N–H and O–H groups in total. The Labute approximate surface area is 282 Å². The summed E-state index contributed by atoms with van der Waals surface area (Å²) in [7, 11) is 0. The third-order valence-electron chi connectivity index (χ3n) is 9.21. The van der Waals surface area contributed by atoms with Crippen molar-refractivity contribution in [3.05, 3.63) is 75.4 Å². The highest BCUT2D eigenvalue weighted by atomic mass is 79.9. The van der Waals surface area contributed by atoms with Crippen molar-refractivity contribution in [3.8, 4) is 11.1 Å². The number of nitrogens with one attached hydrogen (secondary N) is 1. The number of nitrogens with zero attached hydrogens (tertiary/aromatic N) is 8. The molecule has 7 rings (SSSR count). The predicted molar refractivity (Wildman–Crippen MR) is 174 cm³/mol. The average molecular weight is 717 g/mol. The summed E-state index contributed by atoms with van der Waals surface area (Å²) in [5.41, 5.74) is 3.30. The molecule has 1 aliphatic heterocycles. The zero-order chi connectivity index (χ0) is 34.1. The molecule has 0 spiro atoms. The number of carbonyl (C=O) groups excluding carboxylic acids is 3. The van der Waals surface area contributed by atoms with Gasteiger partial charge in [0.05, 0.1) is 5.52 Å². The molecule has 1 saturated carbocycles. The smallest absolute Gasteiger partial charge is 0.248 e. The van der Waals surface area contributed by atoms with Gasteiger partial charge >= 0.3 is 0 Å². The van der Waals surface area contributed by atoms with Gasteiger partial charge in [-0.2, -0.15) is 10.1 Å². The summed E-state index contributed by atoms with van der Waals surface area (Å²) < 4.78 is 21.0. The molecule has 2 aliphatic rings. The second-order valence-corrected chi connectivity index (χ2v) is 13.5. The van der Waals surface area contributed by atoms with Gasteiger partial charge in [0.1, 0.15) is 34.5 Å². The predicted octanol–water partition coefficient (Wildman–Crippen LogP) is 4.85. The number of hydrogen-bond donors (Lipinski definition) is 1. The lowest BCUT2D eigenvalue weighted by atomic mass is 9.95. The molecule has 15 heteroatoms. The Morgan fingerprint density at radius 1 is 1.02 bits per heavy atom. The van der Waals surface area contributed by atoms with Gasteiger partial charge in [-0.15, -0.1) is 0 Å². The first kappa shape index (κ1) is 31.7. The highest BCUT2D eigenvalue weighted by Crippen LogP contribution is 2.61. The van der Waals surface area contributed by atoms with Crippen molar-refractivity contribution >= 4 is 50.2 Å². The molecule has 1 aromatic carbocycles. The van der Waals surface area contributed by atoms with Crippen molar-refractivity contribution in [3.63, 3.8) is 0 Å². The molecule has 13 nitrogen and oxygen atoms in total. The first-order valence-corrected chi connectivity index (χ1v) is 16.2. The average Bonchev–Trinajstić information content (AvgIpc) is 3.28. The van der Waals surface area contributed by atoms with Crippen LogP contribution >= 0.6 is 15.9 Å². The Hall–Kier alpha value is -4.92. The van der Waals surface area contributed by atoms with Crippen molar-refractivity contribution in [2.24, 2.45) is 5.41 Å². The Kier molecular flexibility index (Phi) is 7.68. The number of rotatable bonds is 8. The molecule has 1 aliphatic carbocycles. The van der Waals surface area contributed by atoms with E-state index in [-0.39, 0.29) is 40.4 Å². The number of halogens is 2. The molecular weight excluding hydrogens is 685 g/mol. The van der Waals surface area contributed by atoms with Crippen LogP contribution in [0.25, 0.3) is 22.0 Å². The van der Waals surface area contributed by atoms with Gasteiger partial charge in [-0.3, -0.25) is 19.1 Å². The van der Waals surface area contributed by atoms with E-state index < -0.39 is 23.2 Å². The molecule has 5 aromatic rings. The van der Waals surface area contributed by atoms with Crippen LogP contribution in [0.5, 0.6) is 0 Å². The zero-order valence-electron chi connectivity index (χ0n) is 26.8. The molecule has 246 valence electrons. The van der Waals surface area contributed by atoms with E-state index in [4.69, 9.17) is 4.52 Å². The van der Waals surface area contributed by atoms with Crippen LogP contribution in [0.3, 0.4) is 0 Å². The number of piperidine rings is 1. The molecule has 0 radical (unpaired) electrons. The first-order valence-electron chi connectivity index (χ1n) is 15.4. The van der Waals surface area contributed by atoms with E-state index in [1.54, 1.807) is 42.7 Å². The topological polar surface area (TPSA) is 162 Å². The number of carbonyl (C=O) groups is 3. The second-order valence-electron chi connectivity index (χ2n) is 12.7. The van der Waals surface area contributed by atoms with E-state index in [9.17, 15) is 18.8 Å². The van der Waals surface area contributed by atoms with Gasteiger partial charge in [-0.25, -0.2) is 19.3 Å². The van der Waals surface area contributed by atoms with Crippen LogP contribution in [0.2, 0.25) is 0 Å². The van der Waals surface area contributed by atoms with Crippen LogP contribution < -0.4 is 5.32 Å². The molecule has 0 bridgehead atoms. The number of benzene rings is 1. The number of likely N-dealkylation sites (tertiary alicyclic amines) is 1. The monoisotopic (exact) mass is 715 g/mol. The van der Waals surface area contributed by atoms with Gasteiger partial charge < -0.3 is 14.7 Å². The minimum Gasteiger partial charge on any atom is -0.339 e. The van der Waals surface area contributed by atoms with Gasteiger partial charge in [0, 0.05) is 48.1 Å². The van der Waals surface area contributed by atoms with E-state index in [1.165, 1.54) is 13.0 Å². The van der Waals surface area contributed by atoms with Gasteiger partial charge in [-0.1, -0.05) is 5.16 Å². The molecule has 4 aromatic heterocycles. The number of amides is 2. The van der Waals surface area contributed by atoms with Crippen LogP contribution in [0.15, 0.2) is 39.7 Å². The lowest BCUT2D eigenvalue weighted by Crippen LogP contribution is -2.47. The molecule has 0 unspecified atom stereocenters. The SMILES string of the molecule is CC(=O)c1nn(CC(=O)N2[C@H](C(=O)Nc3nc(Br)c(F)cc3C)C[C@@]3(Cc4nc(C)no4)C[C@@H]23)c2c(C)cc(-c3cnc(C)nc3)cc12. The Balaban J connectivity index is 1.22. The largest absolute Gasteiger partial charge is 0.339 e. The molecular formula is C33H31BrFN9O4. The van der Waals surface area contributed by atoms with E-state index in [1.807, 2.05) is 19.1 Å². The van der Waals surface area contributed by atoms with Crippen molar-refractivity contribution in [1.82, 2.24) is 39.8 Å². The summed E-state index contributed by atoms with van der Waals surface area (Å²) in [6.45, 7) is 8.31. The van der Waals surface area contributed by atoms with Gasteiger partial charge in [0.15, 0.2) is 17.4 Å². The molecule has 2 amide bonds. The first-order chi connectivity index (χ1) is 22.8. The van der Waals surface area contributed by atoms with Gasteiger partial charge in [0.2, 0.25) is 17.7 Å². The van der Waals surface area contributed by atoms with Crippen LogP contribution in [-0.2, 0) is 22.6 Å². The summed E-state index contributed by atoms with van der Waals surface area (Å²) >= 11 is 3.08. The van der Waals surface area contributed by atoms with E-state index in [0.717, 1.165) is 16.7 Å². The van der Waals surface area contributed by atoms with Crippen LogP contribution in [0, 0.1) is 38.9 Å². The molecule has 1 saturated heterocycles. The maximum absolute atomic E-state index is 14.3. The van der Waals surface area contributed by atoms with Crippen molar-refractivity contribution < 1.29 is 23.3 Å². The summed E-state index contributed by atoms with van der Waals surface area (Å²) in [4.78, 5) is 59.7. The maximum Gasteiger partial charge on any atom is 0.248 e. The van der Waals surface area contributed by atoms with E-state index in [0.29, 0.717) is 53.3 Å². The molecule has 48 heavy (non-hydrogen) atoms. The summed E-state index contributed by atoms with van der Waals surface area (Å²) in [6, 6.07) is 3.97. The maximum atomic E-state index is 14.3. The van der Waals surface area contributed by atoms with Gasteiger partial charge in [-0.05, 0) is 91.4 Å². The number of ketones is 1. The number of Topliss-reactive ketones (excluding diaryl/α,β-unsaturated/α-hetero) is 1. The third-order valence-corrected chi connectivity index (χ3v) is 9.77. The fraction of sp³-hybridized carbons (Fsp3) is 0.364. The number of anilines is 1.